The van der Waals surface area contributed by atoms with E-state index >= 15 is 0 Å². The molecule has 0 spiro atoms. The summed E-state index contributed by atoms with van der Waals surface area (Å²) in [4.78, 5) is 20.6. The zero-order chi connectivity index (χ0) is 15.5. The fraction of sp³-hybridized carbons (Fsp3) is 0.444. The largest absolute Gasteiger partial charge is 0.341 e. The highest BCUT2D eigenvalue weighted by molar-refractivity contribution is 5.79. The number of benzene rings is 1. The van der Waals surface area contributed by atoms with Crippen molar-refractivity contribution in [3.05, 3.63) is 42.1 Å². The monoisotopic (exact) mass is 297 g/mol. The van der Waals surface area contributed by atoms with Crippen molar-refractivity contribution >= 4 is 16.8 Å². The van der Waals surface area contributed by atoms with Gasteiger partial charge in [-0.1, -0.05) is 18.2 Å². The Morgan fingerprint density at radius 3 is 3.00 bits per heavy atom. The summed E-state index contributed by atoms with van der Waals surface area (Å²) in [7, 11) is 3.87. The van der Waals surface area contributed by atoms with E-state index in [1.807, 2.05) is 48.3 Å². The van der Waals surface area contributed by atoms with Crippen LogP contribution in [0.2, 0.25) is 0 Å². The second kappa shape index (κ2) is 6.44. The third-order valence-corrected chi connectivity index (χ3v) is 4.26. The van der Waals surface area contributed by atoms with Crippen LogP contribution in [-0.4, -0.2) is 54.4 Å². The van der Waals surface area contributed by atoms with Crippen LogP contribution in [0.5, 0.6) is 0 Å². The van der Waals surface area contributed by atoms with Crippen molar-refractivity contribution < 1.29 is 4.79 Å². The molecular weight excluding hydrogens is 274 g/mol. The van der Waals surface area contributed by atoms with Gasteiger partial charge in [0.25, 0.3) is 0 Å². The molecule has 1 aliphatic heterocycles. The van der Waals surface area contributed by atoms with E-state index in [1.165, 1.54) is 10.9 Å². The normalized spacial score (nSPS) is 18.3. The Morgan fingerprint density at radius 2 is 2.18 bits per heavy atom. The molecule has 22 heavy (non-hydrogen) atoms. The number of amides is 1. The number of fused-ring (bicyclic) bond motifs is 1. The van der Waals surface area contributed by atoms with Gasteiger partial charge in [0, 0.05) is 24.7 Å². The molecule has 0 N–H and O–H groups in total. The standard InChI is InChI=1S/C18H23N3O/c1-20(2)13-18(22)21-8-7-14(12-21)9-15-10-16-5-3-4-6-17(16)19-11-15/h3-6,10-11,14H,7-9,12-13H2,1-2H3/t14-/m1/s1. The number of likely N-dealkylation sites (tertiary alicyclic amines) is 1. The highest BCUT2D eigenvalue weighted by Crippen LogP contribution is 2.22. The Morgan fingerprint density at radius 1 is 1.36 bits per heavy atom. The maximum absolute atomic E-state index is 12.1. The lowest BCUT2D eigenvalue weighted by Crippen LogP contribution is -2.36. The van der Waals surface area contributed by atoms with E-state index < -0.39 is 0 Å². The Kier molecular flexibility index (Phi) is 4.39. The first-order valence-electron chi connectivity index (χ1n) is 7.88. The van der Waals surface area contributed by atoms with E-state index in [4.69, 9.17) is 0 Å². The molecule has 4 nitrogen and oxygen atoms in total. The van der Waals surface area contributed by atoms with Crippen molar-refractivity contribution in [2.45, 2.75) is 12.8 Å². The number of nitrogens with zero attached hydrogens (tertiary/aromatic N) is 3. The van der Waals surface area contributed by atoms with Crippen LogP contribution in [0.4, 0.5) is 0 Å². The minimum atomic E-state index is 0.240. The summed E-state index contributed by atoms with van der Waals surface area (Å²) < 4.78 is 0. The Bertz CT molecular complexity index is 668. The molecule has 1 atom stereocenters. The van der Waals surface area contributed by atoms with Crippen LogP contribution in [0, 0.1) is 5.92 Å². The predicted molar refractivity (Wildman–Crippen MR) is 88.7 cm³/mol. The van der Waals surface area contributed by atoms with Crippen LogP contribution in [0.15, 0.2) is 36.5 Å². The smallest absolute Gasteiger partial charge is 0.236 e. The van der Waals surface area contributed by atoms with Crippen LogP contribution < -0.4 is 0 Å². The first-order chi connectivity index (χ1) is 10.6. The molecule has 1 aliphatic rings. The number of carbonyl (C=O) groups excluding carboxylic acids is 1. The predicted octanol–water partition coefficient (Wildman–Crippen LogP) is 2.19. The van der Waals surface area contributed by atoms with Crippen LogP contribution in [0.1, 0.15) is 12.0 Å². The first-order valence-corrected chi connectivity index (χ1v) is 7.88. The molecule has 0 unspecified atom stereocenters. The topological polar surface area (TPSA) is 36.4 Å². The lowest BCUT2D eigenvalue weighted by atomic mass is 9.99. The molecule has 116 valence electrons. The molecule has 0 bridgehead atoms. The molecule has 1 aromatic heterocycles. The number of likely N-dealkylation sites (N-methyl/N-ethyl adjacent to an activating group) is 1. The number of hydrogen-bond acceptors (Lipinski definition) is 3. The van der Waals surface area contributed by atoms with E-state index in [1.54, 1.807) is 0 Å². The van der Waals surface area contributed by atoms with Crippen molar-refractivity contribution in [3.63, 3.8) is 0 Å². The Hall–Kier alpha value is -1.94. The van der Waals surface area contributed by atoms with Gasteiger partial charge in [-0.15, -0.1) is 0 Å². The Balaban J connectivity index is 1.62. The van der Waals surface area contributed by atoms with Gasteiger partial charge in [0.05, 0.1) is 12.1 Å². The molecule has 1 aromatic carbocycles. The third-order valence-electron chi connectivity index (χ3n) is 4.26. The average molecular weight is 297 g/mol. The van der Waals surface area contributed by atoms with Gasteiger partial charge in [0.1, 0.15) is 0 Å². The van der Waals surface area contributed by atoms with E-state index in [0.29, 0.717) is 12.5 Å². The SMILES string of the molecule is CN(C)CC(=O)N1CC[C@H](Cc2cnc3ccccc3c2)C1. The molecule has 1 fully saturated rings. The molecule has 0 radical (unpaired) electrons. The van der Waals surface area contributed by atoms with E-state index in [2.05, 4.69) is 17.1 Å². The number of para-hydroxylation sites is 1. The van der Waals surface area contributed by atoms with Gasteiger partial charge in [0.15, 0.2) is 0 Å². The van der Waals surface area contributed by atoms with Gasteiger partial charge in [-0.05, 0) is 50.6 Å². The van der Waals surface area contributed by atoms with Crippen molar-refractivity contribution in [1.29, 1.82) is 0 Å². The molecule has 0 aliphatic carbocycles. The number of pyridine rings is 1. The lowest BCUT2D eigenvalue weighted by molar-refractivity contribution is -0.130. The first kappa shape index (κ1) is 15.0. The van der Waals surface area contributed by atoms with Crippen LogP contribution in [0.25, 0.3) is 10.9 Å². The van der Waals surface area contributed by atoms with Crippen molar-refractivity contribution in [1.82, 2.24) is 14.8 Å². The van der Waals surface area contributed by atoms with Crippen molar-refractivity contribution in [2.24, 2.45) is 5.92 Å². The van der Waals surface area contributed by atoms with E-state index in [9.17, 15) is 4.79 Å². The molecule has 2 aromatic rings. The summed E-state index contributed by atoms with van der Waals surface area (Å²) >= 11 is 0. The number of rotatable bonds is 4. The van der Waals surface area contributed by atoms with Crippen molar-refractivity contribution in [3.8, 4) is 0 Å². The average Bonchev–Trinajstić information content (AvgIpc) is 2.95. The summed E-state index contributed by atoms with van der Waals surface area (Å²) in [6.07, 6.45) is 4.07. The number of carbonyl (C=O) groups is 1. The summed E-state index contributed by atoms with van der Waals surface area (Å²) in [5.74, 6) is 0.790. The summed E-state index contributed by atoms with van der Waals surface area (Å²) in [5, 5.41) is 1.19. The summed E-state index contributed by atoms with van der Waals surface area (Å²) in [6.45, 7) is 2.27. The number of hydrogen-bond donors (Lipinski definition) is 0. The fourth-order valence-corrected chi connectivity index (χ4v) is 3.16. The Labute approximate surface area is 131 Å². The third kappa shape index (κ3) is 3.45. The highest BCUT2D eigenvalue weighted by atomic mass is 16.2. The van der Waals surface area contributed by atoms with Crippen LogP contribution in [-0.2, 0) is 11.2 Å². The van der Waals surface area contributed by atoms with E-state index in [0.717, 1.165) is 31.4 Å². The molecule has 3 rings (SSSR count). The lowest BCUT2D eigenvalue weighted by Gasteiger charge is -2.19. The van der Waals surface area contributed by atoms with Gasteiger partial charge in [-0.25, -0.2) is 0 Å². The molecule has 1 saturated heterocycles. The zero-order valence-electron chi connectivity index (χ0n) is 13.3. The highest BCUT2D eigenvalue weighted by Gasteiger charge is 2.26. The van der Waals surface area contributed by atoms with Gasteiger partial charge < -0.3 is 9.80 Å². The second-order valence-corrected chi connectivity index (χ2v) is 6.47. The maximum Gasteiger partial charge on any atom is 0.236 e. The van der Waals surface area contributed by atoms with Crippen LogP contribution in [0.3, 0.4) is 0 Å². The van der Waals surface area contributed by atoms with Gasteiger partial charge in [-0.3, -0.25) is 9.78 Å². The minimum absolute atomic E-state index is 0.240. The minimum Gasteiger partial charge on any atom is -0.341 e. The second-order valence-electron chi connectivity index (χ2n) is 6.47. The zero-order valence-corrected chi connectivity index (χ0v) is 13.3. The van der Waals surface area contributed by atoms with Gasteiger partial charge >= 0.3 is 0 Å². The molecule has 4 heteroatoms. The van der Waals surface area contributed by atoms with Crippen molar-refractivity contribution in [2.75, 3.05) is 33.7 Å². The number of aromatic nitrogens is 1. The quantitative estimate of drug-likeness (QED) is 0.868. The van der Waals surface area contributed by atoms with Gasteiger partial charge in [-0.2, -0.15) is 0 Å². The van der Waals surface area contributed by atoms with E-state index in [-0.39, 0.29) is 5.91 Å². The van der Waals surface area contributed by atoms with Gasteiger partial charge in [0.2, 0.25) is 5.91 Å². The summed E-state index contributed by atoms with van der Waals surface area (Å²) in [5.41, 5.74) is 2.31. The maximum atomic E-state index is 12.1. The molecule has 2 heterocycles. The molecule has 1 amide bonds. The molecular formula is C18H23N3O. The van der Waals surface area contributed by atoms with Crippen LogP contribution >= 0.6 is 0 Å². The fourth-order valence-electron chi connectivity index (χ4n) is 3.16. The summed E-state index contributed by atoms with van der Waals surface area (Å²) in [6, 6.07) is 10.4. The molecule has 0 saturated carbocycles.